The van der Waals surface area contributed by atoms with E-state index in [0.717, 1.165) is 12.5 Å². The van der Waals surface area contributed by atoms with Crippen LogP contribution in [0, 0.1) is 5.92 Å². The van der Waals surface area contributed by atoms with Crippen LogP contribution < -0.4 is 0 Å². The fraction of sp³-hybridized carbons (Fsp3) is 1.00. The normalized spacial score (nSPS) is 30.6. The lowest BCUT2D eigenvalue weighted by Gasteiger charge is -2.38. The van der Waals surface area contributed by atoms with E-state index in [1.54, 1.807) is 0 Å². The highest BCUT2D eigenvalue weighted by Crippen LogP contribution is 2.29. The van der Waals surface area contributed by atoms with Crippen LogP contribution in [0.2, 0.25) is 0 Å². The van der Waals surface area contributed by atoms with Gasteiger partial charge in [0.1, 0.15) is 0 Å². The summed E-state index contributed by atoms with van der Waals surface area (Å²) < 4.78 is 0. The van der Waals surface area contributed by atoms with E-state index in [2.05, 4.69) is 18.9 Å². The highest BCUT2D eigenvalue weighted by atomic mass is 16.3. The van der Waals surface area contributed by atoms with E-state index >= 15 is 0 Å². The zero-order valence-corrected chi connectivity index (χ0v) is 9.87. The van der Waals surface area contributed by atoms with Crippen LogP contribution in [0.1, 0.15) is 46.0 Å². The summed E-state index contributed by atoms with van der Waals surface area (Å²) in [6.07, 6.45) is 6.56. The first kappa shape index (κ1) is 12.0. The van der Waals surface area contributed by atoms with E-state index in [1.807, 2.05) is 6.92 Å². The first-order valence-corrected chi connectivity index (χ1v) is 6.03. The van der Waals surface area contributed by atoms with Gasteiger partial charge in [-0.1, -0.05) is 26.2 Å². The van der Waals surface area contributed by atoms with Gasteiger partial charge < -0.3 is 10.0 Å². The minimum Gasteiger partial charge on any atom is -0.392 e. The third kappa shape index (κ3) is 3.25. The molecule has 0 saturated heterocycles. The van der Waals surface area contributed by atoms with Crippen LogP contribution in [0.3, 0.4) is 0 Å². The van der Waals surface area contributed by atoms with Crippen LogP contribution in [0.4, 0.5) is 0 Å². The maximum Gasteiger partial charge on any atom is 0.0639 e. The molecule has 1 aliphatic rings. The second-order valence-electron chi connectivity index (χ2n) is 4.81. The van der Waals surface area contributed by atoms with E-state index in [-0.39, 0.29) is 6.10 Å². The van der Waals surface area contributed by atoms with E-state index in [0.29, 0.717) is 6.04 Å². The molecule has 2 heteroatoms. The maximum absolute atomic E-state index is 9.37. The zero-order chi connectivity index (χ0) is 10.6. The molecular formula is C12H25NO. The Morgan fingerprint density at radius 1 is 1.36 bits per heavy atom. The lowest BCUT2D eigenvalue weighted by atomic mass is 9.82. The van der Waals surface area contributed by atoms with E-state index in [4.69, 9.17) is 0 Å². The van der Waals surface area contributed by atoms with E-state index in [1.165, 1.54) is 32.1 Å². The molecule has 0 aromatic rings. The van der Waals surface area contributed by atoms with Crippen molar-refractivity contribution >= 4 is 0 Å². The second kappa shape index (κ2) is 5.72. The predicted octanol–water partition coefficient (Wildman–Crippen LogP) is 2.27. The summed E-state index contributed by atoms with van der Waals surface area (Å²) in [4.78, 5) is 2.36. The molecule has 2 nitrogen and oxygen atoms in total. The second-order valence-corrected chi connectivity index (χ2v) is 4.81. The molecule has 0 aromatic carbocycles. The summed E-state index contributed by atoms with van der Waals surface area (Å²) >= 11 is 0. The van der Waals surface area contributed by atoms with Crippen molar-refractivity contribution in [3.8, 4) is 0 Å². The quantitative estimate of drug-likeness (QED) is 0.751. The van der Waals surface area contributed by atoms with Crippen molar-refractivity contribution in [2.24, 2.45) is 5.92 Å². The molecule has 0 amide bonds. The number of aliphatic hydroxyl groups is 1. The van der Waals surface area contributed by atoms with Gasteiger partial charge in [0.2, 0.25) is 0 Å². The summed E-state index contributed by atoms with van der Waals surface area (Å²) in [7, 11) is 2.16. The number of rotatable bonds is 4. The van der Waals surface area contributed by atoms with Crippen LogP contribution in [-0.4, -0.2) is 35.7 Å². The molecule has 0 aromatic heterocycles. The molecule has 0 heterocycles. The molecule has 3 unspecified atom stereocenters. The maximum atomic E-state index is 9.37. The fourth-order valence-corrected chi connectivity index (χ4v) is 2.80. The highest BCUT2D eigenvalue weighted by Gasteiger charge is 2.27. The summed E-state index contributed by atoms with van der Waals surface area (Å²) in [5.41, 5.74) is 0. The Kier molecular flexibility index (Phi) is 4.90. The van der Waals surface area contributed by atoms with Crippen LogP contribution in [-0.2, 0) is 0 Å². The van der Waals surface area contributed by atoms with Gasteiger partial charge in [0.15, 0.2) is 0 Å². The van der Waals surface area contributed by atoms with Crippen molar-refractivity contribution in [1.29, 1.82) is 0 Å². The van der Waals surface area contributed by atoms with E-state index < -0.39 is 0 Å². The lowest BCUT2D eigenvalue weighted by Crippen LogP contribution is -2.42. The molecule has 14 heavy (non-hydrogen) atoms. The minimum atomic E-state index is -0.195. The van der Waals surface area contributed by atoms with Crippen LogP contribution >= 0.6 is 0 Å². The predicted molar refractivity (Wildman–Crippen MR) is 60.3 cm³/mol. The molecule has 0 radical (unpaired) electrons. The first-order chi connectivity index (χ1) is 6.65. The molecule has 1 aliphatic carbocycles. The topological polar surface area (TPSA) is 23.5 Å². The van der Waals surface area contributed by atoms with Gasteiger partial charge in [-0.15, -0.1) is 0 Å². The smallest absolute Gasteiger partial charge is 0.0639 e. The molecule has 84 valence electrons. The van der Waals surface area contributed by atoms with Crippen molar-refractivity contribution in [2.45, 2.75) is 58.1 Å². The standard InChI is InChI=1S/C12H25NO/c1-4-11-7-5-6-8-12(11)13(3)9-10(2)14/h10-12,14H,4-9H2,1-3H3. The van der Waals surface area contributed by atoms with Gasteiger partial charge in [-0.2, -0.15) is 0 Å². The number of hydrogen-bond acceptors (Lipinski definition) is 2. The summed E-state index contributed by atoms with van der Waals surface area (Å²) in [6.45, 7) is 4.99. The van der Waals surface area contributed by atoms with Crippen molar-refractivity contribution in [1.82, 2.24) is 4.90 Å². The van der Waals surface area contributed by atoms with Crippen LogP contribution in [0.15, 0.2) is 0 Å². The Hall–Kier alpha value is -0.0800. The average Bonchev–Trinajstić information content (AvgIpc) is 2.16. The molecule has 3 atom stereocenters. The van der Waals surface area contributed by atoms with Crippen molar-refractivity contribution in [3.05, 3.63) is 0 Å². The minimum absolute atomic E-state index is 0.195. The van der Waals surface area contributed by atoms with Crippen molar-refractivity contribution in [2.75, 3.05) is 13.6 Å². The molecule has 1 rings (SSSR count). The molecule has 1 fully saturated rings. The molecule has 1 saturated carbocycles. The summed E-state index contributed by atoms with van der Waals surface area (Å²) in [6, 6.07) is 0.711. The highest BCUT2D eigenvalue weighted by molar-refractivity contribution is 4.81. The Balaban J connectivity index is 2.45. The Bertz CT molecular complexity index is 158. The Morgan fingerprint density at radius 2 is 2.00 bits per heavy atom. The van der Waals surface area contributed by atoms with Crippen molar-refractivity contribution in [3.63, 3.8) is 0 Å². The number of hydrogen-bond donors (Lipinski definition) is 1. The number of likely N-dealkylation sites (N-methyl/N-ethyl adjacent to an activating group) is 1. The molecule has 0 bridgehead atoms. The number of aliphatic hydroxyl groups excluding tert-OH is 1. The molecule has 0 spiro atoms. The Morgan fingerprint density at radius 3 is 2.57 bits per heavy atom. The largest absolute Gasteiger partial charge is 0.392 e. The monoisotopic (exact) mass is 199 g/mol. The molecular weight excluding hydrogens is 174 g/mol. The molecule has 1 N–H and O–H groups in total. The van der Waals surface area contributed by atoms with Crippen LogP contribution in [0.5, 0.6) is 0 Å². The first-order valence-electron chi connectivity index (χ1n) is 6.03. The van der Waals surface area contributed by atoms with Gasteiger partial charge in [-0.3, -0.25) is 0 Å². The van der Waals surface area contributed by atoms with Gasteiger partial charge in [-0.25, -0.2) is 0 Å². The third-order valence-corrected chi connectivity index (χ3v) is 3.51. The van der Waals surface area contributed by atoms with Gasteiger partial charge >= 0.3 is 0 Å². The average molecular weight is 199 g/mol. The zero-order valence-electron chi connectivity index (χ0n) is 9.87. The SMILES string of the molecule is CCC1CCCCC1N(C)CC(C)O. The van der Waals surface area contributed by atoms with Gasteiger partial charge in [0, 0.05) is 12.6 Å². The van der Waals surface area contributed by atoms with E-state index in [9.17, 15) is 5.11 Å². The summed E-state index contributed by atoms with van der Waals surface area (Å²) in [5, 5.41) is 9.37. The fourth-order valence-electron chi connectivity index (χ4n) is 2.80. The van der Waals surface area contributed by atoms with Crippen molar-refractivity contribution < 1.29 is 5.11 Å². The summed E-state index contributed by atoms with van der Waals surface area (Å²) in [5.74, 6) is 0.854. The van der Waals surface area contributed by atoms with Gasteiger partial charge in [0.25, 0.3) is 0 Å². The third-order valence-electron chi connectivity index (χ3n) is 3.51. The van der Waals surface area contributed by atoms with Gasteiger partial charge in [0.05, 0.1) is 6.10 Å². The lowest BCUT2D eigenvalue weighted by molar-refractivity contribution is 0.0734. The Labute approximate surface area is 88.3 Å². The van der Waals surface area contributed by atoms with Gasteiger partial charge in [-0.05, 0) is 32.7 Å². The number of nitrogens with zero attached hydrogens (tertiary/aromatic N) is 1. The van der Waals surface area contributed by atoms with Crippen LogP contribution in [0.25, 0.3) is 0 Å². The molecule has 0 aliphatic heterocycles.